The Morgan fingerprint density at radius 1 is 1.06 bits per heavy atom. The maximum Gasteiger partial charge on any atom is 0.416 e. The quantitative estimate of drug-likeness (QED) is 0.272. The summed E-state index contributed by atoms with van der Waals surface area (Å²) in [6.07, 6.45) is -2.97. The molecule has 1 aromatic heterocycles. The molecule has 0 bridgehead atoms. The summed E-state index contributed by atoms with van der Waals surface area (Å²) >= 11 is 6.08. The van der Waals surface area contributed by atoms with Crippen LogP contribution >= 0.6 is 24.0 Å². The molecule has 12 heteroatoms. The van der Waals surface area contributed by atoms with Crippen molar-refractivity contribution < 1.29 is 26.3 Å². The number of hydrogen-bond acceptors (Lipinski definition) is 5. The van der Waals surface area contributed by atoms with Gasteiger partial charge in [0.05, 0.1) is 33.8 Å². The molecule has 1 heterocycles. The molecule has 2 N–H and O–H groups in total. The van der Waals surface area contributed by atoms with Gasteiger partial charge in [-0.2, -0.15) is 13.2 Å². The normalized spacial score (nSPS) is 11.8. The molecule has 0 saturated heterocycles. The third-order valence-electron chi connectivity index (χ3n) is 5.39. The molecule has 3 aromatic carbocycles. The van der Waals surface area contributed by atoms with E-state index in [1.165, 1.54) is 29.3 Å². The van der Waals surface area contributed by atoms with Crippen molar-refractivity contribution in [2.24, 2.45) is 0 Å². The summed E-state index contributed by atoms with van der Waals surface area (Å²) < 4.78 is 72.3. The summed E-state index contributed by atoms with van der Waals surface area (Å²) in [5, 5.41) is 6.59. The van der Waals surface area contributed by atoms with Gasteiger partial charge >= 0.3 is 6.18 Å². The number of rotatable bonds is 7. The fourth-order valence-corrected chi connectivity index (χ4v) is 5.34. The molecule has 0 spiro atoms. The van der Waals surface area contributed by atoms with E-state index in [-0.39, 0.29) is 28.0 Å². The van der Waals surface area contributed by atoms with Crippen molar-refractivity contribution in [3.05, 3.63) is 83.0 Å². The second-order valence-electron chi connectivity index (χ2n) is 7.71. The first-order chi connectivity index (χ1) is 16.5. The van der Waals surface area contributed by atoms with E-state index in [4.69, 9.17) is 16.3 Å². The summed E-state index contributed by atoms with van der Waals surface area (Å²) in [6, 6.07) is 14.2. The first kappa shape index (κ1) is 27.7. The molecule has 0 aliphatic rings. The summed E-state index contributed by atoms with van der Waals surface area (Å²) in [6.45, 7) is 0.425. The van der Waals surface area contributed by atoms with Crippen LogP contribution in [0.3, 0.4) is 0 Å². The minimum atomic E-state index is -4.51. The van der Waals surface area contributed by atoms with E-state index in [1.54, 1.807) is 43.6 Å². The predicted octanol–water partition coefficient (Wildman–Crippen LogP) is 6.44. The number of hydrogen-bond donors (Lipinski definition) is 2. The Morgan fingerprint density at radius 2 is 1.81 bits per heavy atom. The van der Waals surface area contributed by atoms with Crippen LogP contribution in [-0.2, 0) is 22.7 Å². The van der Waals surface area contributed by atoms with E-state index in [9.17, 15) is 21.6 Å². The first-order valence-corrected chi connectivity index (χ1v) is 12.2. The van der Waals surface area contributed by atoms with Crippen molar-refractivity contribution in [2.75, 3.05) is 19.5 Å². The Kier molecular flexibility index (Phi) is 8.14. The smallest absolute Gasteiger partial charge is 0.416 e. The molecule has 0 fully saturated rings. The number of ether oxygens (including phenoxy) is 1. The van der Waals surface area contributed by atoms with E-state index in [0.717, 1.165) is 17.7 Å². The Morgan fingerprint density at radius 3 is 2.44 bits per heavy atom. The Balaban J connectivity index is 0.00000361. The topological polar surface area (TPSA) is 72.4 Å². The van der Waals surface area contributed by atoms with Crippen molar-refractivity contribution in [3.8, 4) is 5.75 Å². The van der Waals surface area contributed by atoms with E-state index in [2.05, 4.69) is 10.6 Å². The zero-order chi connectivity index (χ0) is 25.4. The highest BCUT2D eigenvalue weighted by Crippen LogP contribution is 2.36. The van der Waals surface area contributed by atoms with Crippen molar-refractivity contribution in [3.63, 3.8) is 0 Å². The van der Waals surface area contributed by atoms with Crippen molar-refractivity contribution >= 4 is 56.3 Å². The number of methoxy groups -OCH3 is 1. The average Bonchev–Trinajstić information content (AvgIpc) is 3.18. The van der Waals surface area contributed by atoms with Gasteiger partial charge in [-0.05, 0) is 55.1 Å². The maximum absolute atomic E-state index is 13.5. The predicted molar refractivity (Wildman–Crippen MR) is 137 cm³/mol. The standard InChI is InChI=1S/C24H21ClF3N3O3S.ClH/c1-29-13-15-14-31(35(32,33)19-5-3-4-18(12-19)34-2)23-11-17(7-8-20(15)23)30-22-9-6-16(10-21(22)25)24(26,27)28;/h3-12,14,29-30H,13H2,1-2H3;1H. The van der Waals surface area contributed by atoms with Crippen LogP contribution in [0, 0.1) is 0 Å². The van der Waals surface area contributed by atoms with Gasteiger partial charge in [-0.3, -0.25) is 0 Å². The van der Waals surface area contributed by atoms with Crippen LogP contribution in [0.15, 0.2) is 71.8 Å². The number of fused-ring (bicyclic) bond motifs is 1. The lowest BCUT2D eigenvalue weighted by atomic mass is 10.1. The number of nitrogens with zero attached hydrogens (tertiary/aromatic N) is 1. The molecule has 6 nitrogen and oxygen atoms in total. The highest BCUT2D eigenvalue weighted by molar-refractivity contribution is 7.90. The lowest BCUT2D eigenvalue weighted by Crippen LogP contribution is -2.12. The summed E-state index contributed by atoms with van der Waals surface area (Å²) in [7, 11) is -0.783. The number of halogens is 5. The van der Waals surface area contributed by atoms with Crippen LogP contribution in [-0.4, -0.2) is 26.5 Å². The number of nitrogens with one attached hydrogen (secondary N) is 2. The van der Waals surface area contributed by atoms with Gasteiger partial charge in [0.15, 0.2) is 0 Å². The van der Waals surface area contributed by atoms with Gasteiger partial charge in [0, 0.05) is 29.9 Å². The number of benzene rings is 3. The zero-order valence-corrected chi connectivity index (χ0v) is 21.4. The third kappa shape index (κ3) is 5.41. The van der Waals surface area contributed by atoms with Crippen molar-refractivity contribution in [1.82, 2.24) is 9.29 Å². The van der Waals surface area contributed by atoms with Gasteiger partial charge in [-0.15, -0.1) is 12.4 Å². The molecule has 0 radical (unpaired) electrons. The van der Waals surface area contributed by atoms with Crippen LogP contribution in [0.4, 0.5) is 24.5 Å². The fourth-order valence-electron chi connectivity index (χ4n) is 3.70. The summed E-state index contributed by atoms with van der Waals surface area (Å²) in [5.74, 6) is 0.400. The largest absolute Gasteiger partial charge is 0.497 e. The van der Waals surface area contributed by atoms with Crippen LogP contribution in [0.25, 0.3) is 10.9 Å². The van der Waals surface area contributed by atoms with Crippen molar-refractivity contribution in [1.29, 1.82) is 0 Å². The van der Waals surface area contributed by atoms with Crippen LogP contribution in [0.5, 0.6) is 5.75 Å². The van der Waals surface area contributed by atoms with E-state index >= 15 is 0 Å². The van der Waals surface area contributed by atoms with E-state index < -0.39 is 21.8 Å². The monoisotopic (exact) mass is 559 g/mol. The Labute approximate surface area is 217 Å². The maximum atomic E-state index is 13.5. The second kappa shape index (κ2) is 10.6. The first-order valence-electron chi connectivity index (χ1n) is 10.4. The van der Waals surface area contributed by atoms with E-state index in [1.807, 2.05) is 0 Å². The average molecular weight is 560 g/mol. The molecule has 0 aliphatic carbocycles. The zero-order valence-electron chi connectivity index (χ0n) is 19.1. The molecule has 0 saturated carbocycles. The number of aromatic nitrogens is 1. The molecule has 0 unspecified atom stereocenters. The number of anilines is 2. The fraction of sp³-hybridized carbons (Fsp3) is 0.167. The van der Waals surface area contributed by atoms with Crippen LogP contribution in [0.2, 0.25) is 5.02 Å². The van der Waals surface area contributed by atoms with Gasteiger partial charge in [0.2, 0.25) is 0 Å². The SMILES string of the molecule is CNCc1cn(S(=O)(=O)c2cccc(OC)c2)c2cc(Nc3ccc(C(F)(F)F)cc3Cl)ccc12.Cl. The Bertz CT molecular complexity index is 1510. The van der Waals surface area contributed by atoms with Gasteiger partial charge < -0.3 is 15.4 Å². The lowest BCUT2D eigenvalue weighted by Gasteiger charge is -2.13. The van der Waals surface area contributed by atoms with Crippen LogP contribution in [0.1, 0.15) is 11.1 Å². The Hall–Kier alpha value is -2.92. The molecule has 4 rings (SSSR count). The molecule has 192 valence electrons. The molecular formula is C24H22Cl2F3N3O3S. The summed E-state index contributed by atoms with van der Waals surface area (Å²) in [5.41, 5.74) is 0.997. The van der Waals surface area contributed by atoms with Gasteiger partial charge in [-0.25, -0.2) is 12.4 Å². The molecule has 0 atom stereocenters. The minimum absolute atomic E-state index is 0. The highest BCUT2D eigenvalue weighted by atomic mass is 35.5. The number of alkyl halides is 3. The lowest BCUT2D eigenvalue weighted by molar-refractivity contribution is -0.137. The third-order valence-corrected chi connectivity index (χ3v) is 7.38. The molecular weight excluding hydrogens is 538 g/mol. The molecule has 36 heavy (non-hydrogen) atoms. The molecule has 0 aliphatic heterocycles. The second-order valence-corrected chi connectivity index (χ2v) is 9.94. The molecule has 4 aromatic rings. The van der Waals surface area contributed by atoms with E-state index in [0.29, 0.717) is 28.9 Å². The summed E-state index contributed by atoms with van der Waals surface area (Å²) in [4.78, 5) is 0.0499. The van der Waals surface area contributed by atoms with Gasteiger partial charge in [0.25, 0.3) is 10.0 Å². The minimum Gasteiger partial charge on any atom is -0.497 e. The molecule has 0 amide bonds. The highest BCUT2D eigenvalue weighted by Gasteiger charge is 2.31. The van der Waals surface area contributed by atoms with Crippen molar-refractivity contribution in [2.45, 2.75) is 17.6 Å². The van der Waals surface area contributed by atoms with Gasteiger partial charge in [-0.1, -0.05) is 23.7 Å². The van der Waals surface area contributed by atoms with Gasteiger partial charge in [0.1, 0.15) is 5.75 Å². The van der Waals surface area contributed by atoms with Crippen LogP contribution < -0.4 is 15.4 Å².